The molecule has 0 radical (unpaired) electrons. The molecule has 0 spiro atoms. The predicted molar refractivity (Wildman–Crippen MR) is 167 cm³/mol. The Morgan fingerprint density at radius 3 is 1.19 bits per heavy atom. The molecule has 6 aromatic carbocycles. The molecule has 8 aromatic rings. The Morgan fingerprint density at radius 1 is 0.500 bits per heavy atom. The number of furan rings is 2. The Morgan fingerprint density at radius 2 is 0.833 bits per heavy atom. The number of benzene rings is 4. The van der Waals surface area contributed by atoms with Crippen LogP contribution < -0.4 is 24.8 Å². The molecule has 0 N–H and O–H groups in total. The predicted octanol–water partition coefficient (Wildman–Crippen LogP) is 4.74. The molecule has 0 amide bonds. The third kappa shape index (κ3) is 7.25. The van der Waals surface area contributed by atoms with Crippen molar-refractivity contribution in [3.05, 3.63) is 133 Å². The molecule has 2 nitrogen and oxygen atoms in total. The van der Waals surface area contributed by atoms with Gasteiger partial charge < -0.3 is 33.6 Å². The molecule has 0 fully saturated rings. The maximum atomic E-state index is 5.88. The Labute approximate surface area is 273 Å². The number of hydrogen-bond acceptors (Lipinski definition) is 2. The van der Waals surface area contributed by atoms with E-state index in [1.54, 1.807) is 23.3 Å². The fourth-order valence-electron chi connectivity index (χ4n) is 4.83. The van der Waals surface area contributed by atoms with Crippen LogP contribution in [0.3, 0.4) is 0 Å². The van der Waals surface area contributed by atoms with Crippen LogP contribution >= 0.6 is 0 Å². The third-order valence-electron chi connectivity index (χ3n) is 6.66. The van der Waals surface area contributed by atoms with E-state index in [2.05, 4.69) is 110 Å². The largest absolute Gasteiger partial charge is 1.00 e. The molecular weight excluding hydrogens is 655 g/mol. The zero-order valence-electron chi connectivity index (χ0n) is 23.3. The van der Waals surface area contributed by atoms with Gasteiger partial charge in [-0.1, -0.05) is 83.9 Å². The van der Waals surface area contributed by atoms with Crippen molar-refractivity contribution < 1.29 is 57.0 Å². The van der Waals surface area contributed by atoms with Crippen LogP contribution in [0.25, 0.3) is 66.1 Å². The average molecular weight is 683 g/mol. The summed E-state index contributed by atoms with van der Waals surface area (Å²) in [5.74, 6) is 1.87. The molecule has 0 aliphatic heterocycles. The fourth-order valence-corrected chi connectivity index (χ4v) is 4.83. The minimum absolute atomic E-state index is 0. The van der Waals surface area contributed by atoms with E-state index in [0.29, 0.717) is 0 Å². The molecule has 0 aliphatic rings. The molecule has 0 unspecified atom stereocenters. The minimum atomic E-state index is 0. The van der Waals surface area contributed by atoms with Crippen LogP contribution in [-0.4, -0.2) is 5.43 Å². The molecule has 208 valence electrons. The van der Waals surface area contributed by atoms with Gasteiger partial charge in [0.05, 0.1) is 11.5 Å². The molecule has 8 rings (SSSR count). The van der Waals surface area contributed by atoms with E-state index >= 15 is 0 Å². The van der Waals surface area contributed by atoms with E-state index in [1.807, 2.05) is 36.4 Å². The molecule has 42 heavy (non-hydrogen) atoms. The van der Waals surface area contributed by atoms with Crippen molar-refractivity contribution in [2.24, 2.45) is 0 Å². The van der Waals surface area contributed by atoms with Gasteiger partial charge in [0.25, 0.3) is 0 Å². The first-order valence-corrected chi connectivity index (χ1v) is 19.5. The summed E-state index contributed by atoms with van der Waals surface area (Å²) in [5.41, 5.74) is 4.39. The summed E-state index contributed by atoms with van der Waals surface area (Å²) in [6.45, 7) is 4.62. The molecule has 0 atom stereocenters. The normalized spacial score (nSPS) is 10.4. The van der Waals surface area contributed by atoms with Gasteiger partial charge in [0, 0.05) is 10.8 Å². The summed E-state index contributed by atoms with van der Waals surface area (Å²) in [6.07, 6.45) is 0. The molecule has 0 aliphatic carbocycles. The topological polar surface area (TPSA) is 26.3 Å². The second-order valence-corrected chi connectivity index (χ2v) is 19.4. The fraction of sp³-hybridized carbons (Fsp3) is 0.0556. The third-order valence-corrected chi connectivity index (χ3v) is 6.66. The molecular formula is C36H28Cl2O2SiZr-2. The van der Waals surface area contributed by atoms with Crippen molar-refractivity contribution in [1.29, 1.82) is 0 Å². The van der Waals surface area contributed by atoms with E-state index in [4.69, 9.17) is 8.83 Å². The number of halogens is 2. The average Bonchev–Trinajstić information content (AvgIpc) is 3.75. The molecule has 2 heterocycles. The van der Waals surface area contributed by atoms with E-state index < -0.39 is 0 Å². The van der Waals surface area contributed by atoms with Crippen molar-refractivity contribution in [3.8, 4) is 22.6 Å². The van der Waals surface area contributed by atoms with Gasteiger partial charge in [0.2, 0.25) is 0 Å². The molecule has 2 aromatic heterocycles. The monoisotopic (exact) mass is 680 g/mol. The van der Waals surface area contributed by atoms with Crippen LogP contribution in [-0.2, 0) is 23.3 Å². The van der Waals surface area contributed by atoms with Gasteiger partial charge in [-0.25, -0.2) is 0 Å². The van der Waals surface area contributed by atoms with Crippen molar-refractivity contribution >= 4 is 48.9 Å². The first kappa shape index (κ1) is 31.8. The summed E-state index contributed by atoms with van der Waals surface area (Å²) in [4.78, 5) is 0. The van der Waals surface area contributed by atoms with Gasteiger partial charge in [-0.15, -0.1) is 57.9 Å². The van der Waals surface area contributed by atoms with E-state index in [-0.39, 0.29) is 30.2 Å². The maximum absolute atomic E-state index is 5.88. The summed E-state index contributed by atoms with van der Waals surface area (Å²) < 4.78 is 11.8. The van der Waals surface area contributed by atoms with E-state index in [1.165, 1.54) is 21.5 Å². The van der Waals surface area contributed by atoms with Gasteiger partial charge in [-0.05, 0) is 24.3 Å². The number of hydrogen-bond donors (Lipinski definition) is 0. The second kappa shape index (κ2) is 14.4. The van der Waals surface area contributed by atoms with E-state index in [9.17, 15) is 0 Å². The molecule has 0 saturated carbocycles. The summed E-state index contributed by atoms with van der Waals surface area (Å²) >= 11 is 1.74. The molecule has 0 bridgehead atoms. The van der Waals surface area contributed by atoms with Crippen LogP contribution in [0.2, 0.25) is 13.1 Å². The van der Waals surface area contributed by atoms with Gasteiger partial charge in [-0.3, -0.25) is 0 Å². The zero-order chi connectivity index (χ0) is 27.5. The smallest absolute Gasteiger partial charge is 0.123 e. The van der Waals surface area contributed by atoms with Crippen molar-refractivity contribution in [3.63, 3.8) is 0 Å². The van der Waals surface area contributed by atoms with Crippen LogP contribution in [0.4, 0.5) is 0 Å². The van der Waals surface area contributed by atoms with Crippen molar-refractivity contribution in [2.45, 2.75) is 13.1 Å². The number of rotatable bonds is 2. The van der Waals surface area contributed by atoms with Crippen molar-refractivity contribution in [1.82, 2.24) is 0 Å². The first-order valence-electron chi connectivity index (χ1n) is 13.3. The van der Waals surface area contributed by atoms with Gasteiger partial charge >= 0.3 is 41.9 Å². The summed E-state index contributed by atoms with van der Waals surface area (Å²) in [7, 11) is 0. The number of para-hydroxylation sites is 2. The Balaban J connectivity index is 0.000000165. The summed E-state index contributed by atoms with van der Waals surface area (Å²) in [5, 5.41) is 7.33. The van der Waals surface area contributed by atoms with Crippen molar-refractivity contribution in [2.75, 3.05) is 0 Å². The van der Waals surface area contributed by atoms with Gasteiger partial charge in [0.15, 0.2) is 0 Å². The quantitative estimate of drug-likeness (QED) is 0.195. The zero-order valence-corrected chi connectivity index (χ0v) is 28.2. The van der Waals surface area contributed by atoms with Gasteiger partial charge in [0.1, 0.15) is 11.2 Å². The SMILES string of the molecule is C[Si](C)=[Zr+2].[Cl-].[Cl-].c1ccc2[cH-]c(-c3cc4ccccc4o3)cc2c1.c1ccc2[cH-]c(-c3cc4ccccc4o3)cc2c1. The Kier molecular flexibility index (Phi) is 10.9. The molecule has 6 heteroatoms. The van der Waals surface area contributed by atoms with Crippen LogP contribution in [0.1, 0.15) is 0 Å². The minimum Gasteiger partial charge on any atom is -1.00 e. The van der Waals surface area contributed by atoms with E-state index in [0.717, 1.165) is 44.6 Å². The maximum Gasteiger partial charge on any atom is 0.123 e. The van der Waals surface area contributed by atoms with Crippen LogP contribution in [0.5, 0.6) is 0 Å². The number of fused-ring (bicyclic) bond motifs is 4. The molecule has 0 saturated heterocycles. The first-order chi connectivity index (χ1) is 19.5. The summed E-state index contributed by atoms with van der Waals surface area (Å²) in [6, 6.07) is 45.9. The van der Waals surface area contributed by atoms with Crippen LogP contribution in [0, 0.1) is 0 Å². The standard InChI is InChI=1S/2C17H11O.C2H6Si.2ClH.Zr/c2*1-2-6-13-10-15(9-12(13)5-1)17-11-14-7-3-4-8-16(14)18-17;1-3-2;;;/h2*1-11H;1-2H3;2*1H;/q2*-1;;;;+2/p-2. The van der Waals surface area contributed by atoms with Crippen LogP contribution in [0.15, 0.2) is 142 Å². The second-order valence-electron chi connectivity index (χ2n) is 10.0. The van der Waals surface area contributed by atoms with Gasteiger partial charge in [-0.2, -0.15) is 0 Å². The Bertz CT molecular complexity index is 1650. The Hall–Kier alpha value is -3.14.